The molecule has 0 bridgehead atoms. The topological polar surface area (TPSA) is 43.4 Å². The molecule has 0 fully saturated rings. The lowest BCUT2D eigenvalue weighted by molar-refractivity contribution is -0.137. The first-order chi connectivity index (χ1) is 14.7. The minimum atomic E-state index is -4.37. The number of pyridine rings is 1. The van der Waals surface area contributed by atoms with E-state index in [0.29, 0.717) is 41.9 Å². The summed E-state index contributed by atoms with van der Waals surface area (Å²) in [7, 11) is 0. The summed E-state index contributed by atoms with van der Waals surface area (Å²) in [6.07, 6.45) is -0.399. The van der Waals surface area contributed by atoms with Crippen LogP contribution in [-0.4, -0.2) is 24.7 Å². The Labute approximate surface area is 194 Å². The zero-order chi connectivity index (χ0) is 22.9. The Balaban J connectivity index is 1.68. The maximum absolute atomic E-state index is 12.5. The quantitative estimate of drug-likeness (QED) is 0.350. The van der Waals surface area contributed by atoms with Crippen LogP contribution in [0.3, 0.4) is 0 Å². The minimum absolute atomic E-state index is 0.132. The molecule has 0 saturated carbocycles. The first kappa shape index (κ1) is 25.6. The number of aryl methyl sites for hydroxylation is 1. The lowest BCUT2D eigenvalue weighted by Crippen LogP contribution is -2.16. The van der Waals surface area contributed by atoms with E-state index in [4.69, 9.17) is 44.3 Å². The number of nitrogens with zero attached hydrogens (tertiary/aromatic N) is 1. The molecule has 2 rings (SSSR count). The SMILES string of the molecule is Cc1cc(OCC=C(Cl)Cl)cc(Cl)c1OCCCCNCc1ccc(C(F)(F)F)cn1. The van der Waals surface area contributed by atoms with Crippen LogP contribution in [0.2, 0.25) is 5.02 Å². The first-order valence-electron chi connectivity index (χ1n) is 9.46. The van der Waals surface area contributed by atoms with Gasteiger partial charge in [-0.2, -0.15) is 13.2 Å². The van der Waals surface area contributed by atoms with Crippen LogP contribution in [0.4, 0.5) is 13.2 Å². The van der Waals surface area contributed by atoms with Crippen molar-refractivity contribution in [2.75, 3.05) is 19.8 Å². The molecule has 1 aromatic heterocycles. The summed E-state index contributed by atoms with van der Waals surface area (Å²) in [5.41, 5.74) is 0.645. The molecule has 0 radical (unpaired) electrons. The van der Waals surface area contributed by atoms with Crippen LogP contribution >= 0.6 is 34.8 Å². The molecule has 0 unspecified atom stereocenters. The molecular weight excluding hydrogens is 476 g/mol. The number of ether oxygens (including phenoxy) is 2. The van der Waals surface area contributed by atoms with Crippen molar-refractivity contribution in [3.05, 3.63) is 62.9 Å². The van der Waals surface area contributed by atoms with Gasteiger partial charge in [-0.25, -0.2) is 0 Å². The number of nitrogens with one attached hydrogen (secondary N) is 1. The Hall–Kier alpha value is -1.67. The summed E-state index contributed by atoms with van der Waals surface area (Å²) in [5.74, 6) is 1.18. The summed E-state index contributed by atoms with van der Waals surface area (Å²) >= 11 is 17.4. The van der Waals surface area contributed by atoms with E-state index in [1.807, 2.05) is 13.0 Å². The molecule has 0 aliphatic carbocycles. The van der Waals surface area contributed by atoms with Gasteiger partial charge in [0.2, 0.25) is 0 Å². The monoisotopic (exact) mass is 496 g/mol. The Morgan fingerprint density at radius 2 is 1.94 bits per heavy atom. The number of hydrogen-bond acceptors (Lipinski definition) is 4. The van der Waals surface area contributed by atoms with E-state index in [1.54, 1.807) is 6.07 Å². The van der Waals surface area contributed by atoms with Crippen molar-refractivity contribution in [2.24, 2.45) is 0 Å². The molecule has 4 nitrogen and oxygen atoms in total. The maximum Gasteiger partial charge on any atom is 0.417 e. The van der Waals surface area contributed by atoms with E-state index in [-0.39, 0.29) is 11.1 Å². The van der Waals surface area contributed by atoms with Crippen molar-refractivity contribution in [3.8, 4) is 11.5 Å². The molecule has 0 aliphatic rings. The zero-order valence-corrected chi connectivity index (χ0v) is 19.0. The first-order valence-corrected chi connectivity index (χ1v) is 10.6. The van der Waals surface area contributed by atoms with E-state index in [1.165, 1.54) is 12.1 Å². The average molecular weight is 498 g/mol. The third kappa shape index (κ3) is 9.15. The molecular formula is C21H22Cl3F3N2O2. The predicted octanol–water partition coefficient (Wildman–Crippen LogP) is 6.71. The second-order valence-corrected chi connectivity index (χ2v) is 8.04. The Bertz CT molecular complexity index is 848. The molecule has 1 heterocycles. The van der Waals surface area contributed by atoms with E-state index >= 15 is 0 Å². The van der Waals surface area contributed by atoms with Crippen molar-refractivity contribution in [2.45, 2.75) is 32.5 Å². The Morgan fingerprint density at radius 1 is 1.16 bits per heavy atom. The zero-order valence-electron chi connectivity index (χ0n) is 16.7. The van der Waals surface area contributed by atoms with Crippen LogP contribution < -0.4 is 14.8 Å². The highest BCUT2D eigenvalue weighted by Crippen LogP contribution is 2.33. The normalized spacial score (nSPS) is 11.3. The third-order valence-corrected chi connectivity index (χ3v) is 4.73. The number of rotatable bonds is 11. The largest absolute Gasteiger partial charge is 0.492 e. The molecule has 2 aromatic rings. The fraction of sp³-hybridized carbons (Fsp3) is 0.381. The molecule has 170 valence electrons. The van der Waals surface area contributed by atoms with Gasteiger partial charge in [-0.3, -0.25) is 4.98 Å². The Morgan fingerprint density at radius 3 is 2.55 bits per heavy atom. The van der Waals surface area contributed by atoms with Crippen molar-refractivity contribution in [1.82, 2.24) is 10.3 Å². The van der Waals surface area contributed by atoms with Crippen LogP contribution in [0.25, 0.3) is 0 Å². The van der Waals surface area contributed by atoms with Crippen LogP contribution in [0.15, 0.2) is 41.0 Å². The van der Waals surface area contributed by atoms with E-state index < -0.39 is 11.7 Å². The average Bonchev–Trinajstić information content (AvgIpc) is 2.68. The van der Waals surface area contributed by atoms with Gasteiger partial charge in [-0.15, -0.1) is 0 Å². The highest BCUT2D eigenvalue weighted by Gasteiger charge is 2.30. The lowest BCUT2D eigenvalue weighted by Gasteiger charge is -2.13. The summed E-state index contributed by atoms with van der Waals surface area (Å²) in [5, 5.41) is 3.60. The molecule has 0 spiro atoms. The molecule has 0 atom stereocenters. The highest BCUT2D eigenvalue weighted by molar-refractivity contribution is 6.55. The number of aromatic nitrogens is 1. The predicted molar refractivity (Wildman–Crippen MR) is 117 cm³/mol. The second kappa shape index (κ2) is 12.4. The molecule has 1 N–H and O–H groups in total. The van der Waals surface area contributed by atoms with Gasteiger partial charge in [0, 0.05) is 18.8 Å². The van der Waals surface area contributed by atoms with Crippen molar-refractivity contribution in [3.63, 3.8) is 0 Å². The number of alkyl halides is 3. The van der Waals surface area contributed by atoms with E-state index in [9.17, 15) is 13.2 Å². The van der Waals surface area contributed by atoms with Gasteiger partial charge in [0.05, 0.1) is 22.9 Å². The molecule has 10 heteroatoms. The number of unbranched alkanes of at least 4 members (excludes halogenated alkanes) is 1. The van der Waals surface area contributed by atoms with Crippen molar-refractivity contribution >= 4 is 34.8 Å². The summed E-state index contributed by atoms with van der Waals surface area (Å²) in [6.45, 7) is 3.66. The van der Waals surface area contributed by atoms with Gasteiger partial charge in [0.25, 0.3) is 0 Å². The van der Waals surface area contributed by atoms with Gasteiger partial charge < -0.3 is 14.8 Å². The number of halogens is 6. The van der Waals surface area contributed by atoms with Gasteiger partial charge in [0.15, 0.2) is 0 Å². The molecule has 0 aliphatic heterocycles. The van der Waals surface area contributed by atoms with Crippen LogP contribution in [-0.2, 0) is 12.7 Å². The van der Waals surface area contributed by atoms with E-state index in [2.05, 4.69) is 10.3 Å². The summed E-state index contributed by atoms with van der Waals surface area (Å²) in [6, 6.07) is 5.88. The van der Waals surface area contributed by atoms with Crippen molar-refractivity contribution < 1.29 is 22.6 Å². The highest BCUT2D eigenvalue weighted by atomic mass is 35.5. The fourth-order valence-corrected chi connectivity index (χ4v) is 3.04. The number of benzene rings is 1. The molecule has 1 aromatic carbocycles. The van der Waals surface area contributed by atoms with Gasteiger partial charge in [-0.05, 0) is 56.1 Å². The molecule has 0 amide bonds. The Kier molecular flexibility index (Phi) is 10.2. The summed E-state index contributed by atoms with van der Waals surface area (Å²) < 4.78 is 49.0. The molecule has 31 heavy (non-hydrogen) atoms. The van der Waals surface area contributed by atoms with Gasteiger partial charge in [0.1, 0.15) is 22.6 Å². The van der Waals surface area contributed by atoms with Crippen molar-refractivity contribution in [1.29, 1.82) is 0 Å². The van der Waals surface area contributed by atoms with Crippen LogP contribution in [0.5, 0.6) is 11.5 Å². The minimum Gasteiger partial charge on any atom is -0.492 e. The van der Waals surface area contributed by atoms with Crippen LogP contribution in [0, 0.1) is 6.92 Å². The lowest BCUT2D eigenvalue weighted by atomic mass is 10.2. The van der Waals surface area contributed by atoms with Gasteiger partial charge in [-0.1, -0.05) is 34.8 Å². The fourth-order valence-electron chi connectivity index (χ4n) is 2.61. The van der Waals surface area contributed by atoms with Gasteiger partial charge >= 0.3 is 6.18 Å². The standard InChI is InChI=1S/C21H22Cl3F3N2O2/c1-14-10-17(30-9-6-19(23)24)11-18(22)20(14)31-8-3-2-7-28-13-16-5-4-15(12-29-16)21(25,26)27/h4-6,10-12,28H,2-3,7-9,13H2,1H3. The van der Waals surface area contributed by atoms with Crippen LogP contribution in [0.1, 0.15) is 29.7 Å². The molecule has 0 saturated heterocycles. The van der Waals surface area contributed by atoms with E-state index in [0.717, 1.165) is 30.7 Å². The second-order valence-electron chi connectivity index (χ2n) is 6.62. The smallest absolute Gasteiger partial charge is 0.417 e. The summed E-state index contributed by atoms with van der Waals surface area (Å²) in [4.78, 5) is 3.82. The maximum atomic E-state index is 12.5. The number of hydrogen-bond donors (Lipinski definition) is 1. The third-order valence-electron chi connectivity index (χ3n) is 4.14.